The number of nitrogen functional groups attached to an aromatic ring is 2. The molecular formula is C25H30N2O5. The number of aliphatic hydroxyl groups excluding tert-OH is 1. The van der Waals surface area contributed by atoms with Crippen LogP contribution >= 0.6 is 0 Å². The van der Waals surface area contributed by atoms with Crippen LogP contribution in [0.2, 0.25) is 0 Å². The second-order valence-electron chi connectivity index (χ2n) is 9.50. The lowest BCUT2D eigenvalue weighted by Crippen LogP contribution is -2.36. The zero-order chi connectivity index (χ0) is 23.8. The second kappa shape index (κ2) is 8.31. The van der Waals surface area contributed by atoms with Crippen molar-refractivity contribution in [2.75, 3.05) is 18.1 Å². The van der Waals surface area contributed by atoms with E-state index in [4.69, 9.17) is 20.9 Å². The molecule has 0 bridgehead atoms. The van der Waals surface area contributed by atoms with Gasteiger partial charge in [-0.1, -0.05) is 44.7 Å². The average Bonchev–Trinajstić information content (AvgIpc) is 2.71. The number of fused-ring (bicyclic) bond motifs is 2. The summed E-state index contributed by atoms with van der Waals surface area (Å²) in [5.74, 6) is -0.516. The van der Waals surface area contributed by atoms with Crippen LogP contribution in [0.5, 0.6) is 5.75 Å². The molecule has 0 spiro atoms. The van der Waals surface area contributed by atoms with Crippen molar-refractivity contribution in [2.24, 2.45) is 5.41 Å². The van der Waals surface area contributed by atoms with Crippen LogP contribution in [-0.4, -0.2) is 29.1 Å². The van der Waals surface area contributed by atoms with Gasteiger partial charge in [-0.05, 0) is 25.8 Å². The van der Waals surface area contributed by atoms with Gasteiger partial charge in [0.15, 0.2) is 5.78 Å². The number of anilines is 2. The predicted octanol–water partition coefficient (Wildman–Crippen LogP) is 3.78. The molecule has 3 rings (SSSR count). The number of aliphatic hydroxyl groups is 1. The molecule has 1 aliphatic carbocycles. The van der Waals surface area contributed by atoms with Crippen LogP contribution in [0.25, 0.3) is 0 Å². The maximum atomic E-state index is 13.1. The molecule has 0 fully saturated rings. The fraction of sp³-hybridized carbons (Fsp3) is 0.360. The fourth-order valence-corrected chi connectivity index (χ4v) is 4.43. The molecular weight excluding hydrogens is 408 g/mol. The third-order valence-corrected chi connectivity index (χ3v) is 5.47. The molecule has 7 heteroatoms. The third-order valence-electron chi connectivity index (χ3n) is 5.47. The monoisotopic (exact) mass is 438 g/mol. The lowest BCUT2D eigenvalue weighted by atomic mass is 9.81. The lowest BCUT2D eigenvalue weighted by molar-refractivity contribution is -0.153. The van der Waals surface area contributed by atoms with Crippen LogP contribution in [0.15, 0.2) is 43.0 Å². The van der Waals surface area contributed by atoms with Gasteiger partial charge in [0.05, 0.1) is 17.9 Å². The summed E-state index contributed by atoms with van der Waals surface area (Å²) in [6.45, 7) is 11.2. The van der Waals surface area contributed by atoms with E-state index in [9.17, 15) is 14.7 Å². The van der Waals surface area contributed by atoms with Gasteiger partial charge >= 0.3 is 5.97 Å². The maximum absolute atomic E-state index is 13.1. The summed E-state index contributed by atoms with van der Waals surface area (Å²) in [6.07, 6.45) is 0.586. The molecule has 0 saturated carbocycles. The minimum absolute atomic E-state index is 0.140. The Morgan fingerprint density at radius 2 is 1.88 bits per heavy atom. The number of esters is 1. The number of carbonyl (C=O) groups is 2. The van der Waals surface area contributed by atoms with E-state index in [2.05, 4.69) is 6.58 Å². The number of hydrogen-bond donors (Lipinski definition) is 3. The molecule has 0 amide bonds. The first kappa shape index (κ1) is 23.3. The van der Waals surface area contributed by atoms with Crippen molar-refractivity contribution >= 4 is 23.1 Å². The van der Waals surface area contributed by atoms with Crippen molar-refractivity contribution in [2.45, 2.75) is 45.8 Å². The van der Waals surface area contributed by atoms with Gasteiger partial charge in [-0.2, -0.15) is 0 Å². The molecule has 0 heterocycles. The molecule has 2 aromatic carbocycles. The van der Waals surface area contributed by atoms with Crippen molar-refractivity contribution in [3.05, 3.63) is 65.2 Å². The Bertz CT molecular complexity index is 1090. The van der Waals surface area contributed by atoms with Gasteiger partial charge < -0.3 is 26.0 Å². The fourth-order valence-electron chi connectivity index (χ4n) is 4.43. The van der Waals surface area contributed by atoms with Crippen molar-refractivity contribution in [1.82, 2.24) is 0 Å². The number of nitrogens with two attached hydrogens (primary N) is 2. The lowest BCUT2D eigenvalue weighted by Gasteiger charge is -2.34. The Morgan fingerprint density at radius 1 is 1.22 bits per heavy atom. The van der Waals surface area contributed by atoms with Gasteiger partial charge in [0, 0.05) is 34.4 Å². The first-order chi connectivity index (χ1) is 14.9. The normalized spacial score (nSPS) is 15.5. The number of hydrogen-bond acceptors (Lipinski definition) is 7. The van der Waals surface area contributed by atoms with Crippen molar-refractivity contribution in [3.63, 3.8) is 0 Å². The highest BCUT2D eigenvalue weighted by Gasteiger charge is 2.36. The molecule has 2 aromatic rings. The summed E-state index contributed by atoms with van der Waals surface area (Å²) in [4.78, 5) is 24.7. The summed E-state index contributed by atoms with van der Waals surface area (Å²) in [6, 6.07) is 8.38. The van der Waals surface area contributed by atoms with Crippen LogP contribution in [0.3, 0.4) is 0 Å². The van der Waals surface area contributed by atoms with E-state index < -0.39 is 23.1 Å². The van der Waals surface area contributed by atoms with Gasteiger partial charge in [-0.15, -0.1) is 0 Å². The molecule has 1 aliphatic rings. The van der Waals surface area contributed by atoms with Gasteiger partial charge in [0.25, 0.3) is 0 Å². The largest absolute Gasteiger partial charge is 0.491 e. The van der Waals surface area contributed by atoms with Crippen molar-refractivity contribution < 1.29 is 24.2 Å². The maximum Gasteiger partial charge on any atom is 0.330 e. The Kier molecular flexibility index (Phi) is 6.07. The van der Waals surface area contributed by atoms with Crippen LogP contribution < -0.4 is 16.2 Å². The Balaban J connectivity index is 1.86. The first-order valence-corrected chi connectivity index (χ1v) is 10.4. The molecule has 0 radical (unpaired) electrons. The third kappa shape index (κ3) is 4.48. The van der Waals surface area contributed by atoms with Crippen LogP contribution in [0.1, 0.15) is 67.3 Å². The molecule has 0 saturated heterocycles. The number of benzene rings is 2. The van der Waals surface area contributed by atoms with E-state index in [-0.39, 0.29) is 35.1 Å². The molecule has 1 unspecified atom stereocenters. The second-order valence-corrected chi connectivity index (χ2v) is 9.50. The molecule has 170 valence electrons. The summed E-state index contributed by atoms with van der Waals surface area (Å²) in [5, 5.41) is 10.8. The van der Waals surface area contributed by atoms with Gasteiger partial charge in [0.2, 0.25) is 0 Å². The number of rotatable bonds is 7. The molecule has 7 nitrogen and oxygen atoms in total. The van der Waals surface area contributed by atoms with Crippen LogP contribution in [0, 0.1) is 5.41 Å². The highest BCUT2D eigenvalue weighted by molar-refractivity contribution is 6.17. The molecule has 0 aromatic heterocycles. The summed E-state index contributed by atoms with van der Waals surface area (Å²) in [5.41, 5.74) is 13.1. The molecule has 32 heavy (non-hydrogen) atoms. The average molecular weight is 439 g/mol. The Labute approximate surface area is 188 Å². The predicted molar refractivity (Wildman–Crippen MR) is 123 cm³/mol. The first-order valence-electron chi connectivity index (χ1n) is 10.4. The van der Waals surface area contributed by atoms with Crippen LogP contribution in [0.4, 0.5) is 11.4 Å². The van der Waals surface area contributed by atoms with E-state index in [0.29, 0.717) is 23.1 Å². The smallest absolute Gasteiger partial charge is 0.330 e. The highest BCUT2D eigenvalue weighted by atomic mass is 16.6. The summed E-state index contributed by atoms with van der Waals surface area (Å²) in [7, 11) is 0. The minimum Gasteiger partial charge on any atom is -0.491 e. The highest BCUT2D eigenvalue weighted by Crippen LogP contribution is 2.44. The van der Waals surface area contributed by atoms with Gasteiger partial charge in [-0.25, -0.2) is 4.79 Å². The quantitative estimate of drug-likeness (QED) is 0.341. The SMILES string of the molecule is C=CC(=O)OC(C)(C)CC(C)(C)COc1cc(N)c2c(c1N)C(=O)c1ccccc1C2O. The van der Waals surface area contributed by atoms with Gasteiger partial charge in [-0.3, -0.25) is 4.79 Å². The summed E-state index contributed by atoms with van der Waals surface area (Å²) >= 11 is 0. The molecule has 0 aliphatic heterocycles. The number of ether oxygens (including phenoxy) is 2. The van der Waals surface area contributed by atoms with E-state index in [1.165, 1.54) is 6.07 Å². The molecule has 1 atom stereocenters. The number of ketones is 1. The number of carbonyl (C=O) groups excluding carboxylic acids is 2. The van der Waals surface area contributed by atoms with E-state index in [1.807, 2.05) is 27.7 Å². The van der Waals surface area contributed by atoms with E-state index in [1.54, 1.807) is 24.3 Å². The van der Waals surface area contributed by atoms with Gasteiger partial charge in [0.1, 0.15) is 17.5 Å². The van der Waals surface area contributed by atoms with Crippen LogP contribution in [-0.2, 0) is 9.53 Å². The minimum atomic E-state index is -1.05. The van der Waals surface area contributed by atoms with Crippen molar-refractivity contribution in [3.8, 4) is 5.75 Å². The topological polar surface area (TPSA) is 125 Å². The Hall–Kier alpha value is -3.32. The summed E-state index contributed by atoms with van der Waals surface area (Å²) < 4.78 is 11.4. The Morgan fingerprint density at radius 3 is 2.53 bits per heavy atom. The zero-order valence-electron chi connectivity index (χ0n) is 18.9. The molecule has 5 N–H and O–H groups in total. The zero-order valence-corrected chi connectivity index (χ0v) is 18.9. The van der Waals surface area contributed by atoms with E-state index >= 15 is 0 Å². The van der Waals surface area contributed by atoms with Crippen molar-refractivity contribution in [1.29, 1.82) is 0 Å². The van der Waals surface area contributed by atoms with E-state index in [0.717, 1.165) is 6.08 Å². The standard InChI is InChI=1S/C25H30N2O5/c1-6-18(28)32-25(4,5)12-24(2,3)13-31-17-11-16(26)19-20(21(17)27)23(30)15-10-8-7-9-14(15)22(19)29/h6-11,22,29H,1,12-13,26-27H2,2-5H3.